The average Bonchev–Trinajstić information content (AvgIpc) is 3.01. The lowest BCUT2D eigenvalue weighted by Crippen LogP contribution is -2.41. The summed E-state index contributed by atoms with van der Waals surface area (Å²) < 4.78 is 1.71. The van der Waals surface area contributed by atoms with Crippen molar-refractivity contribution in [2.75, 3.05) is 26.7 Å². The highest BCUT2D eigenvalue weighted by Gasteiger charge is 2.20. The van der Waals surface area contributed by atoms with E-state index < -0.39 is 0 Å². The normalized spacial score (nSPS) is 14.5. The van der Waals surface area contributed by atoms with Crippen molar-refractivity contribution < 1.29 is 4.79 Å². The van der Waals surface area contributed by atoms with E-state index in [4.69, 9.17) is 0 Å². The number of likely N-dealkylation sites (N-methyl/N-ethyl adjacent to an activating group) is 1. The number of aromatic nitrogens is 2. The number of carbonyl (C=O) groups excluding carboxylic acids is 1. The van der Waals surface area contributed by atoms with Crippen molar-refractivity contribution in [2.24, 2.45) is 7.05 Å². The van der Waals surface area contributed by atoms with Crippen LogP contribution in [-0.4, -0.2) is 47.3 Å². The van der Waals surface area contributed by atoms with Crippen LogP contribution < -0.4 is 10.6 Å². The summed E-state index contributed by atoms with van der Waals surface area (Å²) >= 11 is 0. The molecule has 144 valence electrons. The molecule has 1 amide bonds. The van der Waals surface area contributed by atoms with E-state index in [0.29, 0.717) is 6.54 Å². The van der Waals surface area contributed by atoms with Crippen molar-refractivity contribution >= 4 is 30.7 Å². The van der Waals surface area contributed by atoms with Gasteiger partial charge in [0.25, 0.3) is 0 Å². The molecule has 3 rings (SSSR count). The van der Waals surface area contributed by atoms with Gasteiger partial charge in [0.05, 0.1) is 6.20 Å². The molecule has 1 aromatic heterocycles. The van der Waals surface area contributed by atoms with Gasteiger partial charge >= 0.3 is 0 Å². The Morgan fingerprint density at radius 1 is 1.27 bits per heavy atom. The fourth-order valence-corrected chi connectivity index (χ4v) is 3.22. The second-order valence-electron chi connectivity index (χ2n) is 6.25. The summed E-state index contributed by atoms with van der Waals surface area (Å²) in [5.41, 5.74) is 3.73. The van der Waals surface area contributed by atoms with Gasteiger partial charge in [0.2, 0.25) is 5.91 Å². The number of benzene rings is 1. The smallest absolute Gasteiger partial charge is 0.241 e. The molecule has 1 atom stereocenters. The SMILES string of the molecule is CNC(C(=O)NCCN1CCc2ccccc2C1)c1cnn(C)c1.Cl.Cl. The second-order valence-corrected chi connectivity index (χ2v) is 6.25. The zero-order valence-electron chi connectivity index (χ0n) is 15.1. The summed E-state index contributed by atoms with van der Waals surface area (Å²) in [4.78, 5) is 14.8. The van der Waals surface area contributed by atoms with Crippen LogP contribution in [-0.2, 0) is 24.8 Å². The van der Waals surface area contributed by atoms with Gasteiger partial charge in [-0.1, -0.05) is 24.3 Å². The van der Waals surface area contributed by atoms with Gasteiger partial charge in [0, 0.05) is 45.0 Å². The minimum Gasteiger partial charge on any atom is -0.353 e. The molecule has 0 aliphatic carbocycles. The van der Waals surface area contributed by atoms with Gasteiger partial charge in [-0.05, 0) is 24.6 Å². The number of carbonyl (C=O) groups is 1. The van der Waals surface area contributed by atoms with Crippen molar-refractivity contribution in [3.8, 4) is 0 Å². The van der Waals surface area contributed by atoms with Crippen molar-refractivity contribution in [2.45, 2.75) is 19.0 Å². The Kier molecular flexibility index (Phi) is 9.08. The molecule has 0 bridgehead atoms. The van der Waals surface area contributed by atoms with Crippen LogP contribution in [0, 0.1) is 0 Å². The van der Waals surface area contributed by atoms with E-state index in [2.05, 4.69) is 44.9 Å². The standard InChI is InChI=1S/C18H25N5O.2ClH/c1-19-17(16-11-21-22(2)12-16)18(24)20-8-10-23-9-7-14-5-3-4-6-15(14)13-23;;/h3-6,11-12,17,19H,7-10,13H2,1-2H3,(H,20,24);2*1H. The molecule has 0 fully saturated rings. The molecular weight excluding hydrogens is 373 g/mol. The summed E-state index contributed by atoms with van der Waals surface area (Å²) in [6.45, 7) is 3.53. The maximum atomic E-state index is 12.4. The Labute approximate surface area is 167 Å². The average molecular weight is 400 g/mol. The van der Waals surface area contributed by atoms with Crippen LogP contribution in [0.4, 0.5) is 0 Å². The lowest BCUT2D eigenvalue weighted by Gasteiger charge is -2.28. The first-order valence-electron chi connectivity index (χ1n) is 8.40. The fraction of sp³-hybridized carbons (Fsp3) is 0.444. The maximum Gasteiger partial charge on any atom is 0.241 e. The molecule has 0 saturated carbocycles. The first kappa shape index (κ1) is 22.4. The molecule has 8 heteroatoms. The quantitative estimate of drug-likeness (QED) is 0.775. The van der Waals surface area contributed by atoms with Crippen LogP contribution in [0.2, 0.25) is 0 Å². The molecule has 0 radical (unpaired) electrons. The van der Waals surface area contributed by atoms with Crippen LogP contribution in [0.1, 0.15) is 22.7 Å². The molecule has 1 aromatic carbocycles. The zero-order valence-corrected chi connectivity index (χ0v) is 16.8. The topological polar surface area (TPSA) is 62.2 Å². The zero-order chi connectivity index (χ0) is 16.9. The van der Waals surface area contributed by atoms with Crippen LogP contribution >= 0.6 is 24.8 Å². The summed E-state index contributed by atoms with van der Waals surface area (Å²) in [6, 6.07) is 8.24. The summed E-state index contributed by atoms with van der Waals surface area (Å²) in [5.74, 6) is -0.0112. The van der Waals surface area contributed by atoms with Gasteiger partial charge < -0.3 is 10.6 Å². The Bertz CT molecular complexity index is 706. The fourth-order valence-electron chi connectivity index (χ4n) is 3.22. The minimum atomic E-state index is -0.360. The number of nitrogens with one attached hydrogen (secondary N) is 2. The molecule has 2 heterocycles. The Morgan fingerprint density at radius 2 is 2.00 bits per heavy atom. The second kappa shape index (κ2) is 10.5. The van der Waals surface area contributed by atoms with E-state index in [1.54, 1.807) is 17.9 Å². The lowest BCUT2D eigenvalue weighted by molar-refractivity contribution is -0.123. The van der Waals surface area contributed by atoms with Gasteiger partial charge in [-0.3, -0.25) is 14.4 Å². The highest BCUT2D eigenvalue weighted by Crippen LogP contribution is 2.18. The van der Waals surface area contributed by atoms with Crippen LogP contribution in [0.25, 0.3) is 0 Å². The van der Waals surface area contributed by atoms with Gasteiger partial charge in [-0.25, -0.2) is 0 Å². The van der Waals surface area contributed by atoms with Crippen molar-refractivity contribution in [1.29, 1.82) is 0 Å². The first-order valence-corrected chi connectivity index (χ1v) is 8.40. The summed E-state index contributed by atoms with van der Waals surface area (Å²) in [5, 5.41) is 10.2. The van der Waals surface area contributed by atoms with E-state index >= 15 is 0 Å². The van der Waals surface area contributed by atoms with Gasteiger partial charge in [-0.15, -0.1) is 24.8 Å². The van der Waals surface area contributed by atoms with E-state index in [1.807, 2.05) is 13.2 Å². The van der Waals surface area contributed by atoms with E-state index in [0.717, 1.165) is 31.6 Å². The monoisotopic (exact) mass is 399 g/mol. The van der Waals surface area contributed by atoms with E-state index in [9.17, 15) is 4.79 Å². The number of hydrogen-bond acceptors (Lipinski definition) is 4. The number of fused-ring (bicyclic) bond motifs is 1. The molecular formula is C18H27Cl2N5O. The lowest BCUT2D eigenvalue weighted by atomic mass is 10.00. The number of hydrogen-bond donors (Lipinski definition) is 2. The van der Waals surface area contributed by atoms with Crippen molar-refractivity contribution in [3.63, 3.8) is 0 Å². The van der Waals surface area contributed by atoms with E-state index in [-0.39, 0.29) is 36.8 Å². The maximum absolute atomic E-state index is 12.4. The largest absolute Gasteiger partial charge is 0.353 e. The first-order chi connectivity index (χ1) is 11.7. The van der Waals surface area contributed by atoms with Gasteiger partial charge in [0.15, 0.2) is 0 Å². The Hall–Kier alpha value is -1.60. The number of nitrogens with zero attached hydrogens (tertiary/aromatic N) is 3. The third-order valence-electron chi connectivity index (χ3n) is 4.55. The third-order valence-corrected chi connectivity index (χ3v) is 4.55. The third kappa shape index (κ3) is 5.45. The Morgan fingerprint density at radius 3 is 2.65 bits per heavy atom. The number of amides is 1. The van der Waals surface area contributed by atoms with Gasteiger partial charge in [-0.2, -0.15) is 5.10 Å². The summed E-state index contributed by atoms with van der Waals surface area (Å²) in [7, 11) is 3.64. The highest BCUT2D eigenvalue weighted by atomic mass is 35.5. The van der Waals surface area contributed by atoms with Crippen LogP contribution in [0.5, 0.6) is 0 Å². The van der Waals surface area contributed by atoms with Gasteiger partial charge in [0.1, 0.15) is 6.04 Å². The number of aryl methyl sites for hydroxylation is 1. The van der Waals surface area contributed by atoms with E-state index in [1.165, 1.54) is 11.1 Å². The number of rotatable bonds is 6. The van der Waals surface area contributed by atoms with Crippen molar-refractivity contribution in [1.82, 2.24) is 25.3 Å². The highest BCUT2D eigenvalue weighted by molar-refractivity contribution is 5.85. The molecule has 26 heavy (non-hydrogen) atoms. The molecule has 0 saturated heterocycles. The predicted octanol–water partition coefficient (Wildman–Crippen LogP) is 1.70. The molecule has 1 aliphatic rings. The van der Waals surface area contributed by atoms with Crippen LogP contribution in [0.3, 0.4) is 0 Å². The minimum absolute atomic E-state index is 0. The molecule has 1 aliphatic heterocycles. The summed E-state index contributed by atoms with van der Waals surface area (Å²) in [6.07, 6.45) is 4.67. The molecule has 0 spiro atoms. The Balaban J connectivity index is 0.00000169. The van der Waals surface area contributed by atoms with Crippen molar-refractivity contribution in [3.05, 3.63) is 53.3 Å². The van der Waals surface area contributed by atoms with Crippen LogP contribution in [0.15, 0.2) is 36.7 Å². The molecule has 6 nitrogen and oxygen atoms in total. The molecule has 1 unspecified atom stereocenters. The molecule has 2 N–H and O–H groups in total. The number of halogens is 2. The predicted molar refractivity (Wildman–Crippen MR) is 108 cm³/mol. The molecule has 2 aromatic rings.